The molecule has 0 saturated carbocycles. The Morgan fingerprint density at radius 1 is 0.942 bits per heavy atom. The lowest BCUT2D eigenvalue weighted by Gasteiger charge is -2.64. The maximum Gasteiger partial charge on any atom is 0.314 e. The molecule has 0 aliphatic carbocycles. The fourth-order valence-corrected chi connectivity index (χ4v) is 9.56. The van der Waals surface area contributed by atoms with E-state index in [1.807, 2.05) is 45.9 Å². The molecule has 0 bridgehead atoms. The maximum atomic E-state index is 12.3. The minimum atomic E-state index is -1.01. The molecule has 1 aliphatic heterocycles. The molecule has 7 unspecified atom stereocenters. The maximum absolute atomic E-state index is 12.3. The van der Waals surface area contributed by atoms with Crippen molar-refractivity contribution in [3.63, 3.8) is 0 Å². The number of carboxylic acids is 1. The van der Waals surface area contributed by atoms with Crippen molar-refractivity contribution in [1.82, 2.24) is 4.90 Å². The molecule has 1 fully saturated rings. The van der Waals surface area contributed by atoms with Crippen LogP contribution >= 0.6 is 0 Å². The van der Waals surface area contributed by atoms with Gasteiger partial charge in [-0.05, 0) is 155 Å². The largest absolute Gasteiger partial charge is 0.481 e. The van der Waals surface area contributed by atoms with Crippen LogP contribution in [0.4, 0.5) is 0 Å². The number of benzene rings is 3. The van der Waals surface area contributed by atoms with Gasteiger partial charge in [0.2, 0.25) is 0 Å². The number of hydrogen-bond acceptors (Lipinski definition) is 4. The molecule has 4 rings (SSSR count). The van der Waals surface area contributed by atoms with Gasteiger partial charge in [0.15, 0.2) is 0 Å². The average molecular weight is 714 g/mol. The molecule has 2 N–H and O–H groups in total. The Morgan fingerprint density at radius 2 is 1.58 bits per heavy atom. The van der Waals surface area contributed by atoms with E-state index in [1.165, 1.54) is 5.56 Å². The van der Waals surface area contributed by atoms with E-state index in [4.69, 9.17) is 6.11 Å². The topological polar surface area (TPSA) is 70.0 Å². The highest BCUT2D eigenvalue weighted by molar-refractivity contribution is 5.81. The Morgan fingerprint density at radius 3 is 2.13 bits per heavy atom. The second-order valence-electron chi connectivity index (χ2n) is 17.6. The lowest BCUT2D eigenvalue weighted by atomic mass is 9.48. The molecular formula is C47H69NO4. The van der Waals surface area contributed by atoms with E-state index in [1.54, 1.807) is 14.0 Å². The average Bonchev–Trinajstić information content (AvgIpc) is 3.11. The third-order valence-electron chi connectivity index (χ3n) is 14.7. The first-order valence-electron chi connectivity index (χ1n) is 20.4. The Kier molecular flexibility index (Phi) is 11.2. The number of piperidine rings is 1. The Hall–Kier alpha value is -2.99. The van der Waals surface area contributed by atoms with Crippen molar-refractivity contribution < 1.29 is 22.5 Å². The van der Waals surface area contributed by atoms with Crippen LogP contribution in [-0.2, 0) is 20.5 Å². The van der Waals surface area contributed by atoms with Crippen LogP contribution in [0.25, 0.3) is 0 Å². The zero-order chi connectivity index (χ0) is 41.0. The zero-order valence-corrected chi connectivity index (χ0v) is 35.1. The normalized spacial score (nSPS) is 24.0. The van der Waals surface area contributed by atoms with Crippen LogP contribution in [0.5, 0.6) is 0 Å². The fraction of sp³-hybridized carbons (Fsp3) is 0.596. The Balaban J connectivity index is 1.74. The van der Waals surface area contributed by atoms with E-state index in [0.29, 0.717) is 0 Å². The van der Waals surface area contributed by atoms with Gasteiger partial charge in [-0.2, -0.15) is 0 Å². The minimum absolute atomic E-state index is 0.0448. The summed E-state index contributed by atoms with van der Waals surface area (Å²) in [6.07, 6.45) is 0.882. The van der Waals surface area contributed by atoms with Crippen molar-refractivity contribution in [2.75, 3.05) is 13.7 Å². The second-order valence-corrected chi connectivity index (χ2v) is 17.6. The standard InChI is InChI=1S/C47H69NO4/c1-28(2)46(15,43(50)51)38-21-22-39(31(5)27-38)42(49)32(6)26-33(7)48-25-24-45(14,44(12,13)37(48)11)47(52-16,40-19-17-18-29(3)35(40)9)41-23-20-30(4)34(8)36(41)10/h17-23,27-28,32-33,37,42,49H,24-26H2,1-16H3,(H,50,51)/i20D,23D. The highest BCUT2D eigenvalue weighted by Gasteiger charge is 2.63. The summed E-state index contributed by atoms with van der Waals surface area (Å²) >= 11 is 0. The number of aliphatic carboxylic acids is 1. The zero-order valence-electron chi connectivity index (χ0n) is 37.1. The Labute approximate surface area is 319 Å². The van der Waals surface area contributed by atoms with Crippen molar-refractivity contribution in [2.45, 2.75) is 146 Å². The lowest BCUT2D eigenvalue weighted by Crippen LogP contribution is -2.66. The number of aliphatic hydroxyl groups excluding tert-OH is 1. The number of ether oxygens (including phenoxy) is 1. The Bertz CT molecular complexity index is 1860. The highest BCUT2D eigenvalue weighted by Crippen LogP contribution is 2.63. The summed E-state index contributed by atoms with van der Waals surface area (Å²) in [7, 11) is 1.79. The summed E-state index contributed by atoms with van der Waals surface area (Å²) in [4.78, 5) is 14.9. The van der Waals surface area contributed by atoms with E-state index in [-0.39, 0.29) is 41.4 Å². The number of carboxylic acid groups (broad SMARTS) is 1. The SMILES string of the molecule is [2H]c1c([2H])c(C(OC)(c2cccc(C)c2C)C2(C)CCN(C(C)CC(C)C(O)c3ccc(C(C)(C(=O)O)C(C)C)cc3C)C(C)C2(C)C)c(C)c(C)c1C. The molecule has 7 atom stereocenters. The van der Waals surface area contributed by atoms with Crippen LogP contribution in [-0.4, -0.2) is 46.8 Å². The third kappa shape index (κ3) is 6.47. The second kappa shape index (κ2) is 15.0. The molecule has 3 aromatic rings. The molecule has 0 amide bonds. The number of nitrogens with zero attached hydrogens (tertiary/aromatic N) is 1. The van der Waals surface area contributed by atoms with Crippen molar-refractivity contribution in [2.24, 2.45) is 22.7 Å². The van der Waals surface area contributed by atoms with Crippen LogP contribution in [0, 0.1) is 64.2 Å². The first-order chi connectivity index (χ1) is 24.9. The van der Waals surface area contributed by atoms with Crippen LogP contribution in [0.15, 0.2) is 48.5 Å². The summed E-state index contributed by atoms with van der Waals surface area (Å²) in [6, 6.07) is 12.9. The van der Waals surface area contributed by atoms with E-state index in [0.717, 1.165) is 69.5 Å². The summed E-state index contributed by atoms with van der Waals surface area (Å²) in [5, 5.41) is 21.9. The van der Waals surface area contributed by atoms with Gasteiger partial charge in [0, 0.05) is 24.6 Å². The summed E-state index contributed by atoms with van der Waals surface area (Å²) in [5.41, 5.74) is 6.70. The van der Waals surface area contributed by atoms with Gasteiger partial charge in [-0.1, -0.05) is 90.0 Å². The van der Waals surface area contributed by atoms with E-state index < -0.39 is 28.5 Å². The third-order valence-corrected chi connectivity index (χ3v) is 14.7. The van der Waals surface area contributed by atoms with E-state index >= 15 is 0 Å². The molecule has 3 aromatic carbocycles. The highest BCUT2D eigenvalue weighted by atomic mass is 16.5. The van der Waals surface area contributed by atoms with Gasteiger partial charge >= 0.3 is 5.97 Å². The van der Waals surface area contributed by atoms with Gasteiger partial charge in [-0.3, -0.25) is 9.69 Å². The molecule has 1 saturated heterocycles. The molecule has 1 heterocycles. The van der Waals surface area contributed by atoms with Gasteiger partial charge in [-0.25, -0.2) is 0 Å². The van der Waals surface area contributed by atoms with E-state index in [9.17, 15) is 16.4 Å². The van der Waals surface area contributed by atoms with Crippen LogP contribution < -0.4 is 0 Å². The number of carbonyl (C=O) groups is 1. The summed E-state index contributed by atoms with van der Waals surface area (Å²) < 4.78 is 25.6. The fourth-order valence-electron chi connectivity index (χ4n) is 9.56. The van der Waals surface area contributed by atoms with Crippen molar-refractivity contribution in [3.8, 4) is 0 Å². The molecule has 52 heavy (non-hydrogen) atoms. The predicted octanol–water partition coefficient (Wildman–Crippen LogP) is 10.7. The van der Waals surface area contributed by atoms with Crippen molar-refractivity contribution in [1.29, 1.82) is 0 Å². The quantitative estimate of drug-likeness (QED) is 0.196. The number of aliphatic hydroxyl groups is 1. The summed E-state index contributed by atoms with van der Waals surface area (Å²) in [5.74, 6) is -0.979. The molecular weight excluding hydrogens is 643 g/mol. The number of hydrogen-bond donors (Lipinski definition) is 2. The minimum Gasteiger partial charge on any atom is -0.481 e. The number of likely N-dealkylation sites (tertiary alicyclic amines) is 1. The lowest BCUT2D eigenvalue weighted by molar-refractivity contribution is -0.192. The molecule has 1 aliphatic rings. The molecule has 0 radical (unpaired) electrons. The predicted molar refractivity (Wildman–Crippen MR) is 216 cm³/mol. The van der Waals surface area contributed by atoms with Gasteiger partial charge in [-0.15, -0.1) is 0 Å². The number of aryl methyl sites for hydroxylation is 2. The van der Waals surface area contributed by atoms with Gasteiger partial charge in [0.25, 0.3) is 0 Å². The van der Waals surface area contributed by atoms with Gasteiger partial charge < -0.3 is 14.9 Å². The first kappa shape index (κ1) is 38.7. The van der Waals surface area contributed by atoms with Crippen LogP contribution in [0.2, 0.25) is 0 Å². The van der Waals surface area contributed by atoms with Gasteiger partial charge in [0.05, 0.1) is 14.3 Å². The summed E-state index contributed by atoms with van der Waals surface area (Å²) in [6.45, 7) is 32.6. The molecule has 5 nitrogen and oxygen atoms in total. The van der Waals surface area contributed by atoms with Crippen molar-refractivity contribution >= 4 is 5.97 Å². The molecule has 286 valence electrons. The smallest absolute Gasteiger partial charge is 0.314 e. The number of rotatable bonds is 12. The van der Waals surface area contributed by atoms with Crippen LogP contribution in [0.3, 0.4) is 0 Å². The van der Waals surface area contributed by atoms with Crippen molar-refractivity contribution in [3.05, 3.63) is 104 Å². The molecule has 0 spiro atoms. The van der Waals surface area contributed by atoms with Gasteiger partial charge in [0.1, 0.15) is 5.60 Å². The first-order valence-corrected chi connectivity index (χ1v) is 19.4. The number of methoxy groups -OCH3 is 1. The molecule has 0 aromatic heterocycles. The monoisotopic (exact) mass is 714 g/mol. The van der Waals surface area contributed by atoms with Crippen LogP contribution in [0.1, 0.15) is 140 Å². The van der Waals surface area contributed by atoms with E-state index in [2.05, 4.69) is 92.3 Å². The molecule has 5 heteroatoms.